The molecule has 2 unspecified atom stereocenters. The van der Waals surface area contributed by atoms with Gasteiger partial charge in [-0.3, -0.25) is 0 Å². The van der Waals surface area contributed by atoms with Gasteiger partial charge in [0.25, 0.3) is 0 Å². The molecule has 0 radical (unpaired) electrons. The van der Waals surface area contributed by atoms with Crippen LogP contribution in [0.2, 0.25) is 0 Å². The molecule has 1 aromatic rings. The molecule has 0 spiro atoms. The lowest BCUT2D eigenvalue weighted by atomic mass is 9.98. The summed E-state index contributed by atoms with van der Waals surface area (Å²) in [6, 6.07) is 8.97. The van der Waals surface area contributed by atoms with E-state index in [-0.39, 0.29) is 6.04 Å². The van der Waals surface area contributed by atoms with Gasteiger partial charge in [-0.05, 0) is 19.5 Å². The molecule has 1 fully saturated rings. The summed E-state index contributed by atoms with van der Waals surface area (Å²) in [5, 5.41) is 3.50. The third kappa shape index (κ3) is 2.61. The minimum atomic E-state index is 0.0864. The molecular weight excluding hydrogens is 198 g/mol. The van der Waals surface area contributed by atoms with E-state index in [1.54, 1.807) is 0 Å². The van der Waals surface area contributed by atoms with Crippen LogP contribution in [0.25, 0.3) is 0 Å². The molecule has 0 bridgehead atoms. The Balaban J connectivity index is 2.06. The predicted molar refractivity (Wildman–Crippen MR) is 67.4 cm³/mol. The summed E-state index contributed by atoms with van der Waals surface area (Å²) in [4.78, 5) is 2.33. The van der Waals surface area contributed by atoms with Crippen molar-refractivity contribution in [3.05, 3.63) is 35.4 Å². The van der Waals surface area contributed by atoms with E-state index in [4.69, 9.17) is 5.73 Å². The van der Waals surface area contributed by atoms with Gasteiger partial charge in [-0.2, -0.15) is 0 Å². The van der Waals surface area contributed by atoms with Crippen LogP contribution in [-0.2, 0) is 0 Å². The molecule has 2 atom stereocenters. The zero-order chi connectivity index (χ0) is 11.5. The molecule has 3 nitrogen and oxygen atoms in total. The Morgan fingerprint density at radius 1 is 1.38 bits per heavy atom. The van der Waals surface area contributed by atoms with Crippen molar-refractivity contribution < 1.29 is 0 Å². The van der Waals surface area contributed by atoms with Crippen molar-refractivity contribution in [3.63, 3.8) is 0 Å². The minimum Gasteiger partial charge on any atom is -0.323 e. The Hall–Kier alpha value is -0.900. The zero-order valence-electron chi connectivity index (χ0n) is 10.1. The smallest absolute Gasteiger partial charge is 0.0463 e. The number of nitrogens with two attached hydrogens (primary N) is 1. The fraction of sp³-hybridized carbons (Fsp3) is 0.538. The summed E-state index contributed by atoms with van der Waals surface area (Å²) in [6.07, 6.45) is 0. The first-order chi connectivity index (χ1) is 7.66. The van der Waals surface area contributed by atoms with Gasteiger partial charge in [-0.1, -0.05) is 29.8 Å². The SMILES string of the molecule is Cc1ccc(C(N)C2CN(C)CCN2)cc1. The molecule has 3 N–H and O–H groups in total. The first-order valence-corrected chi connectivity index (χ1v) is 5.91. The van der Waals surface area contributed by atoms with Crippen molar-refractivity contribution in [1.29, 1.82) is 0 Å². The maximum Gasteiger partial charge on any atom is 0.0463 e. The number of hydrogen-bond donors (Lipinski definition) is 2. The van der Waals surface area contributed by atoms with E-state index < -0.39 is 0 Å². The Bertz CT molecular complexity index is 334. The number of nitrogens with one attached hydrogen (secondary N) is 1. The van der Waals surface area contributed by atoms with Crippen molar-refractivity contribution in [3.8, 4) is 0 Å². The average molecular weight is 219 g/mol. The maximum absolute atomic E-state index is 6.29. The molecule has 0 aromatic heterocycles. The van der Waals surface area contributed by atoms with Gasteiger partial charge in [-0.25, -0.2) is 0 Å². The number of likely N-dealkylation sites (N-methyl/N-ethyl adjacent to an activating group) is 1. The number of benzene rings is 1. The van der Waals surface area contributed by atoms with Gasteiger partial charge >= 0.3 is 0 Å². The molecule has 1 heterocycles. The van der Waals surface area contributed by atoms with Crippen LogP contribution in [0.3, 0.4) is 0 Å². The topological polar surface area (TPSA) is 41.3 Å². The van der Waals surface area contributed by atoms with E-state index in [2.05, 4.69) is 48.5 Å². The first-order valence-electron chi connectivity index (χ1n) is 5.91. The number of piperazine rings is 1. The maximum atomic E-state index is 6.29. The van der Waals surface area contributed by atoms with E-state index in [9.17, 15) is 0 Å². The molecule has 2 rings (SSSR count). The predicted octanol–water partition coefficient (Wildman–Crippen LogP) is 0.898. The van der Waals surface area contributed by atoms with Gasteiger partial charge in [0.2, 0.25) is 0 Å². The molecule has 3 heteroatoms. The third-order valence-electron chi connectivity index (χ3n) is 3.30. The number of aryl methyl sites for hydroxylation is 1. The largest absolute Gasteiger partial charge is 0.323 e. The molecule has 16 heavy (non-hydrogen) atoms. The third-order valence-corrected chi connectivity index (χ3v) is 3.30. The quantitative estimate of drug-likeness (QED) is 0.776. The summed E-state index contributed by atoms with van der Waals surface area (Å²) in [5.74, 6) is 0. The molecule has 1 aliphatic heterocycles. The van der Waals surface area contributed by atoms with Crippen LogP contribution in [0, 0.1) is 6.92 Å². The lowest BCUT2D eigenvalue weighted by Gasteiger charge is -2.34. The highest BCUT2D eigenvalue weighted by Gasteiger charge is 2.23. The minimum absolute atomic E-state index is 0.0864. The first kappa shape index (κ1) is 11.6. The Kier molecular flexibility index (Phi) is 3.59. The van der Waals surface area contributed by atoms with E-state index in [0.29, 0.717) is 6.04 Å². The molecule has 1 aromatic carbocycles. The van der Waals surface area contributed by atoms with E-state index in [1.807, 2.05) is 0 Å². The van der Waals surface area contributed by atoms with E-state index in [0.717, 1.165) is 19.6 Å². The zero-order valence-corrected chi connectivity index (χ0v) is 10.1. The van der Waals surface area contributed by atoms with E-state index in [1.165, 1.54) is 11.1 Å². The molecule has 1 aliphatic rings. The van der Waals surface area contributed by atoms with Gasteiger partial charge in [0.15, 0.2) is 0 Å². The van der Waals surface area contributed by atoms with Crippen LogP contribution in [0.4, 0.5) is 0 Å². The van der Waals surface area contributed by atoms with Crippen molar-refractivity contribution in [2.75, 3.05) is 26.7 Å². The summed E-state index contributed by atoms with van der Waals surface area (Å²) in [5.41, 5.74) is 8.80. The second kappa shape index (κ2) is 4.95. The number of nitrogens with zero attached hydrogens (tertiary/aromatic N) is 1. The van der Waals surface area contributed by atoms with Crippen LogP contribution in [0.15, 0.2) is 24.3 Å². The van der Waals surface area contributed by atoms with Crippen molar-refractivity contribution in [2.24, 2.45) is 5.73 Å². The van der Waals surface area contributed by atoms with Gasteiger partial charge in [0.05, 0.1) is 0 Å². The normalized spacial score (nSPS) is 24.3. The van der Waals surface area contributed by atoms with Gasteiger partial charge in [0, 0.05) is 31.7 Å². The monoisotopic (exact) mass is 219 g/mol. The van der Waals surface area contributed by atoms with Crippen LogP contribution in [-0.4, -0.2) is 37.6 Å². The van der Waals surface area contributed by atoms with E-state index >= 15 is 0 Å². The number of rotatable bonds is 2. The van der Waals surface area contributed by atoms with Crippen molar-refractivity contribution >= 4 is 0 Å². The molecule has 0 amide bonds. The summed E-state index contributed by atoms with van der Waals surface area (Å²) < 4.78 is 0. The number of hydrogen-bond acceptors (Lipinski definition) is 3. The van der Waals surface area contributed by atoms with Crippen molar-refractivity contribution in [2.45, 2.75) is 19.0 Å². The molecule has 88 valence electrons. The molecule has 1 saturated heterocycles. The lowest BCUT2D eigenvalue weighted by Crippen LogP contribution is -2.53. The summed E-state index contributed by atoms with van der Waals surface area (Å²) >= 11 is 0. The Labute approximate surface area is 97.6 Å². The van der Waals surface area contributed by atoms with Crippen LogP contribution in [0.1, 0.15) is 17.2 Å². The average Bonchev–Trinajstić information content (AvgIpc) is 2.29. The lowest BCUT2D eigenvalue weighted by molar-refractivity contribution is 0.220. The molecule has 0 aliphatic carbocycles. The van der Waals surface area contributed by atoms with Crippen LogP contribution >= 0.6 is 0 Å². The summed E-state index contributed by atoms with van der Waals surface area (Å²) in [7, 11) is 2.15. The van der Waals surface area contributed by atoms with Crippen molar-refractivity contribution in [1.82, 2.24) is 10.2 Å². The highest BCUT2D eigenvalue weighted by atomic mass is 15.2. The fourth-order valence-electron chi connectivity index (χ4n) is 2.19. The highest BCUT2D eigenvalue weighted by Crippen LogP contribution is 2.17. The van der Waals surface area contributed by atoms with Crippen LogP contribution in [0.5, 0.6) is 0 Å². The highest BCUT2D eigenvalue weighted by molar-refractivity contribution is 5.25. The van der Waals surface area contributed by atoms with Crippen LogP contribution < -0.4 is 11.1 Å². The fourth-order valence-corrected chi connectivity index (χ4v) is 2.19. The van der Waals surface area contributed by atoms with Gasteiger partial charge < -0.3 is 16.0 Å². The standard InChI is InChI=1S/C13H21N3/c1-10-3-5-11(6-4-10)13(14)12-9-16(2)8-7-15-12/h3-6,12-13,15H,7-9,14H2,1-2H3. The Morgan fingerprint density at radius 3 is 2.69 bits per heavy atom. The second-order valence-corrected chi connectivity index (χ2v) is 4.76. The van der Waals surface area contributed by atoms with Gasteiger partial charge in [-0.15, -0.1) is 0 Å². The summed E-state index contributed by atoms with van der Waals surface area (Å²) in [6.45, 7) is 5.26. The second-order valence-electron chi connectivity index (χ2n) is 4.76. The Morgan fingerprint density at radius 2 is 2.06 bits per heavy atom. The van der Waals surface area contributed by atoms with Gasteiger partial charge in [0.1, 0.15) is 0 Å². The molecular formula is C13H21N3. The molecule has 0 saturated carbocycles.